The van der Waals surface area contributed by atoms with E-state index in [9.17, 15) is 14.9 Å². The Hall–Kier alpha value is -3.56. The molecule has 1 amide bonds. The molecular weight excluding hydrogens is 378 g/mol. The van der Waals surface area contributed by atoms with E-state index in [0.717, 1.165) is 5.56 Å². The summed E-state index contributed by atoms with van der Waals surface area (Å²) in [5, 5.41) is 13.2. The number of nitrogens with zero attached hydrogens (tertiary/aromatic N) is 1. The predicted octanol–water partition coefficient (Wildman–Crippen LogP) is 3.83. The Labute approximate surface area is 166 Å². The van der Waals surface area contributed by atoms with E-state index in [1.54, 1.807) is 42.6 Å². The quantitative estimate of drug-likeness (QED) is 0.391. The Morgan fingerprint density at radius 3 is 2.75 bits per heavy atom. The van der Waals surface area contributed by atoms with Gasteiger partial charge in [0.25, 0.3) is 5.91 Å². The molecule has 0 aliphatic carbocycles. The number of nitriles is 1. The van der Waals surface area contributed by atoms with Gasteiger partial charge in [-0.2, -0.15) is 5.26 Å². The van der Waals surface area contributed by atoms with Crippen LogP contribution in [0.15, 0.2) is 54.2 Å². The summed E-state index contributed by atoms with van der Waals surface area (Å²) in [6.45, 7) is 0.193. The molecule has 3 aromatic rings. The largest absolute Gasteiger partial charge is 0.465 e. The first-order chi connectivity index (χ1) is 13.5. The van der Waals surface area contributed by atoms with Gasteiger partial charge in [0.2, 0.25) is 0 Å². The van der Waals surface area contributed by atoms with Crippen LogP contribution in [0, 0.1) is 11.3 Å². The van der Waals surface area contributed by atoms with Crippen LogP contribution in [0.3, 0.4) is 0 Å². The topological polar surface area (TPSA) is 95.0 Å². The normalized spacial score (nSPS) is 11.1. The highest BCUT2D eigenvalue weighted by Crippen LogP contribution is 2.25. The number of fused-ring (bicyclic) bond motifs is 1. The van der Waals surface area contributed by atoms with Gasteiger partial charge >= 0.3 is 5.97 Å². The maximum atomic E-state index is 12.4. The number of carbonyl (C=O) groups excluding carboxylic acids is 2. The van der Waals surface area contributed by atoms with E-state index in [1.807, 2.05) is 12.1 Å². The Balaban J connectivity index is 1.90. The predicted molar refractivity (Wildman–Crippen MR) is 107 cm³/mol. The lowest BCUT2D eigenvalue weighted by atomic mass is 10.0. The second-order valence-corrected chi connectivity index (χ2v) is 6.31. The fraction of sp³-hybridized carbons (Fsp3) is 0.0952. The molecule has 1 heterocycles. The summed E-state index contributed by atoms with van der Waals surface area (Å²) in [6.07, 6.45) is 3.07. The molecule has 0 bridgehead atoms. The molecule has 0 fully saturated rings. The molecule has 7 heteroatoms. The monoisotopic (exact) mass is 393 g/mol. The first-order valence-corrected chi connectivity index (χ1v) is 8.74. The molecule has 0 unspecified atom stereocenters. The minimum absolute atomic E-state index is 0.0902. The van der Waals surface area contributed by atoms with Crippen LogP contribution in [-0.4, -0.2) is 24.0 Å². The van der Waals surface area contributed by atoms with Crippen molar-refractivity contribution in [1.82, 2.24) is 10.3 Å². The maximum Gasteiger partial charge on any atom is 0.338 e. The van der Waals surface area contributed by atoms with E-state index in [-0.39, 0.29) is 12.1 Å². The summed E-state index contributed by atoms with van der Waals surface area (Å²) in [5.41, 5.74) is 2.24. The van der Waals surface area contributed by atoms with Crippen molar-refractivity contribution in [2.24, 2.45) is 0 Å². The number of ether oxygens (including phenoxy) is 1. The lowest BCUT2D eigenvalue weighted by Crippen LogP contribution is -2.24. The summed E-state index contributed by atoms with van der Waals surface area (Å²) in [6, 6.07) is 14.2. The van der Waals surface area contributed by atoms with Gasteiger partial charge in [0.05, 0.1) is 12.7 Å². The molecule has 0 aliphatic rings. The Bertz CT molecular complexity index is 1130. The summed E-state index contributed by atoms with van der Waals surface area (Å²) in [7, 11) is 1.30. The van der Waals surface area contributed by atoms with Crippen molar-refractivity contribution >= 4 is 40.5 Å². The van der Waals surface area contributed by atoms with Crippen LogP contribution in [-0.2, 0) is 16.1 Å². The lowest BCUT2D eigenvalue weighted by molar-refractivity contribution is -0.117. The highest BCUT2D eigenvalue weighted by Gasteiger charge is 2.16. The molecule has 0 atom stereocenters. The number of halogens is 1. The van der Waals surface area contributed by atoms with Gasteiger partial charge in [-0.3, -0.25) is 4.79 Å². The van der Waals surface area contributed by atoms with E-state index in [4.69, 9.17) is 16.3 Å². The van der Waals surface area contributed by atoms with Crippen molar-refractivity contribution in [3.63, 3.8) is 0 Å². The van der Waals surface area contributed by atoms with Crippen molar-refractivity contribution in [2.75, 3.05) is 7.11 Å². The number of nitrogens with one attached hydrogen (secondary N) is 2. The molecule has 1 aromatic heterocycles. The number of hydrogen-bond acceptors (Lipinski definition) is 4. The smallest absolute Gasteiger partial charge is 0.338 e. The molecule has 28 heavy (non-hydrogen) atoms. The van der Waals surface area contributed by atoms with Gasteiger partial charge in [0, 0.05) is 34.2 Å². The second kappa shape index (κ2) is 8.42. The van der Waals surface area contributed by atoms with Gasteiger partial charge < -0.3 is 15.0 Å². The molecule has 0 saturated carbocycles. The van der Waals surface area contributed by atoms with Crippen LogP contribution < -0.4 is 5.32 Å². The van der Waals surface area contributed by atoms with Gasteiger partial charge in [-0.15, -0.1) is 0 Å². The number of esters is 1. The SMILES string of the molecule is COC(=O)c1cccc2[nH]cc(C=C(C#N)C(=O)NCc3ccccc3Cl)c12. The number of methoxy groups -OCH3 is 1. The number of benzene rings is 2. The first-order valence-electron chi connectivity index (χ1n) is 8.37. The van der Waals surface area contributed by atoms with Gasteiger partial charge in [-0.25, -0.2) is 4.79 Å². The number of carbonyl (C=O) groups is 2. The van der Waals surface area contributed by atoms with Gasteiger partial charge in [-0.1, -0.05) is 35.9 Å². The van der Waals surface area contributed by atoms with E-state index < -0.39 is 11.9 Å². The number of H-pyrrole nitrogens is 1. The molecule has 140 valence electrons. The van der Waals surface area contributed by atoms with E-state index >= 15 is 0 Å². The van der Waals surface area contributed by atoms with E-state index in [1.165, 1.54) is 13.2 Å². The number of rotatable bonds is 5. The van der Waals surface area contributed by atoms with Crippen molar-refractivity contribution in [2.45, 2.75) is 6.54 Å². The molecule has 3 rings (SSSR count). The average molecular weight is 394 g/mol. The van der Waals surface area contributed by atoms with Crippen LogP contribution in [0.2, 0.25) is 5.02 Å². The second-order valence-electron chi connectivity index (χ2n) is 5.91. The van der Waals surface area contributed by atoms with Gasteiger partial charge in [0.15, 0.2) is 0 Å². The molecular formula is C21H16ClN3O3. The van der Waals surface area contributed by atoms with Crippen molar-refractivity contribution in [3.8, 4) is 6.07 Å². The number of aromatic nitrogens is 1. The summed E-state index contributed by atoms with van der Waals surface area (Å²) < 4.78 is 4.82. The molecule has 0 spiro atoms. The minimum Gasteiger partial charge on any atom is -0.465 e. The Kier molecular flexibility index (Phi) is 5.78. The number of aromatic amines is 1. The number of amides is 1. The fourth-order valence-electron chi connectivity index (χ4n) is 2.82. The maximum absolute atomic E-state index is 12.4. The van der Waals surface area contributed by atoms with E-state index in [0.29, 0.717) is 27.1 Å². The molecule has 0 aliphatic heterocycles. The van der Waals surface area contributed by atoms with Crippen molar-refractivity contribution in [1.29, 1.82) is 5.26 Å². The third kappa shape index (κ3) is 3.90. The van der Waals surface area contributed by atoms with Crippen LogP contribution in [0.4, 0.5) is 0 Å². The molecule has 6 nitrogen and oxygen atoms in total. The highest BCUT2D eigenvalue weighted by atomic mass is 35.5. The first kappa shape index (κ1) is 19.2. The highest BCUT2D eigenvalue weighted by molar-refractivity contribution is 6.31. The van der Waals surface area contributed by atoms with Crippen LogP contribution >= 0.6 is 11.6 Å². The Morgan fingerprint density at radius 1 is 1.25 bits per heavy atom. The van der Waals surface area contributed by atoms with Crippen LogP contribution in [0.25, 0.3) is 17.0 Å². The zero-order valence-corrected chi connectivity index (χ0v) is 15.7. The summed E-state index contributed by atoms with van der Waals surface area (Å²) in [5.74, 6) is -1.03. The molecule has 2 aromatic carbocycles. The van der Waals surface area contributed by atoms with Gasteiger partial charge in [-0.05, 0) is 29.8 Å². The van der Waals surface area contributed by atoms with E-state index in [2.05, 4.69) is 10.3 Å². The fourth-order valence-corrected chi connectivity index (χ4v) is 3.02. The van der Waals surface area contributed by atoms with Crippen molar-refractivity contribution < 1.29 is 14.3 Å². The zero-order chi connectivity index (χ0) is 20.1. The lowest BCUT2D eigenvalue weighted by Gasteiger charge is -2.06. The minimum atomic E-state index is -0.535. The van der Waals surface area contributed by atoms with Crippen LogP contribution in [0.5, 0.6) is 0 Å². The third-order valence-corrected chi connectivity index (χ3v) is 4.57. The Morgan fingerprint density at radius 2 is 2.04 bits per heavy atom. The molecule has 0 radical (unpaired) electrons. The summed E-state index contributed by atoms with van der Waals surface area (Å²) >= 11 is 6.08. The zero-order valence-electron chi connectivity index (χ0n) is 15.0. The number of hydrogen-bond donors (Lipinski definition) is 2. The van der Waals surface area contributed by atoms with Gasteiger partial charge in [0.1, 0.15) is 11.6 Å². The van der Waals surface area contributed by atoms with Crippen molar-refractivity contribution in [3.05, 3.63) is 75.9 Å². The average Bonchev–Trinajstić information content (AvgIpc) is 3.13. The summed E-state index contributed by atoms with van der Waals surface area (Å²) in [4.78, 5) is 27.5. The molecule has 2 N–H and O–H groups in total. The molecule has 0 saturated heterocycles. The standard InChI is InChI=1S/C21H16ClN3O3/c1-28-21(27)16-6-4-8-18-19(16)15(12-24-18)9-14(10-23)20(26)25-11-13-5-2-3-7-17(13)22/h2-9,12,24H,11H2,1H3,(H,25,26). The van der Waals surface area contributed by atoms with Crippen LogP contribution in [0.1, 0.15) is 21.5 Å². The third-order valence-electron chi connectivity index (χ3n) is 4.20.